The highest BCUT2D eigenvalue weighted by molar-refractivity contribution is 5.81. The minimum absolute atomic E-state index is 0.195. The molecule has 0 saturated heterocycles. The van der Waals surface area contributed by atoms with Crippen molar-refractivity contribution in [3.8, 4) is 0 Å². The molecule has 0 amide bonds. The van der Waals surface area contributed by atoms with Crippen molar-refractivity contribution in [3.63, 3.8) is 0 Å². The fourth-order valence-electron chi connectivity index (χ4n) is 2.58. The van der Waals surface area contributed by atoms with Crippen LogP contribution in [0.25, 0.3) is 0 Å². The van der Waals surface area contributed by atoms with Gasteiger partial charge in [0.1, 0.15) is 0 Å². The highest BCUT2D eigenvalue weighted by Crippen LogP contribution is 2.45. The van der Waals surface area contributed by atoms with Crippen molar-refractivity contribution in [1.29, 1.82) is 0 Å². The standard InChI is InChI=1S/C16H18N2O3/c1-10-8-12(10)14-17-13(21-18-14)9-16(2,15(19)20)11-6-4-3-5-7-11/h3-7,10,12H,8-9H2,1-2H3,(H,19,20). The fourth-order valence-corrected chi connectivity index (χ4v) is 2.58. The Kier molecular flexibility index (Phi) is 3.27. The first kappa shape index (κ1) is 13.8. The molecule has 1 aromatic carbocycles. The molecule has 3 rings (SSSR count). The molecule has 3 unspecified atom stereocenters. The Hall–Kier alpha value is -2.17. The first-order valence-electron chi connectivity index (χ1n) is 7.12. The van der Waals surface area contributed by atoms with Crippen LogP contribution in [0, 0.1) is 5.92 Å². The van der Waals surface area contributed by atoms with E-state index < -0.39 is 11.4 Å². The summed E-state index contributed by atoms with van der Waals surface area (Å²) in [6.45, 7) is 3.83. The number of carbonyl (C=O) groups is 1. The highest BCUT2D eigenvalue weighted by atomic mass is 16.5. The molecule has 1 aliphatic rings. The minimum atomic E-state index is -1.07. The third kappa shape index (κ3) is 2.55. The van der Waals surface area contributed by atoms with Gasteiger partial charge in [-0.15, -0.1) is 0 Å². The molecule has 0 aliphatic heterocycles. The molecule has 0 spiro atoms. The lowest BCUT2D eigenvalue weighted by molar-refractivity contribution is -0.143. The van der Waals surface area contributed by atoms with Gasteiger partial charge >= 0.3 is 5.97 Å². The monoisotopic (exact) mass is 286 g/mol. The minimum Gasteiger partial charge on any atom is -0.481 e. The second-order valence-corrected chi connectivity index (χ2v) is 6.05. The Morgan fingerprint density at radius 1 is 1.43 bits per heavy atom. The summed E-state index contributed by atoms with van der Waals surface area (Å²) in [5.74, 6) is 1.16. The molecule has 5 nitrogen and oxygen atoms in total. The quantitative estimate of drug-likeness (QED) is 0.914. The van der Waals surface area contributed by atoms with Gasteiger partial charge in [0.15, 0.2) is 5.82 Å². The largest absolute Gasteiger partial charge is 0.481 e. The molecule has 0 bridgehead atoms. The number of rotatable bonds is 5. The molecule has 1 N–H and O–H groups in total. The zero-order chi connectivity index (χ0) is 15.0. The summed E-state index contributed by atoms with van der Waals surface area (Å²) >= 11 is 0. The average molecular weight is 286 g/mol. The Morgan fingerprint density at radius 2 is 2.10 bits per heavy atom. The third-order valence-corrected chi connectivity index (χ3v) is 4.31. The van der Waals surface area contributed by atoms with Crippen LogP contribution >= 0.6 is 0 Å². The molecule has 5 heteroatoms. The van der Waals surface area contributed by atoms with Gasteiger partial charge < -0.3 is 9.63 Å². The number of nitrogens with zero attached hydrogens (tertiary/aromatic N) is 2. The van der Waals surface area contributed by atoms with Crippen LogP contribution in [0.2, 0.25) is 0 Å². The molecule has 3 atom stereocenters. The van der Waals surface area contributed by atoms with Gasteiger partial charge in [0.25, 0.3) is 0 Å². The molecule has 2 aromatic rings. The number of carboxylic acid groups (broad SMARTS) is 1. The predicted molar refractivity (Wildman–Crippen MR) is 76.0 cm³/mol. The zero-order valence-electron chi connectivity index (χ0n) is 12.1. The molecule has 1 heterocycles. The van der Waals surface area contributed by atoms with Gasteiger partial charge in [0.05, 0.1) is 5.41 Å². The van der Waals surface area contributed by atoms with Crippen LogP contribution in [-0.2, 0) is 16.6 Å². The zero-order valence-corrected chi connectivity index (χ0v) is 12.1. The lowest BCUT2D eigenvalue weighted by atomic mass is 9.79. The summed E-state index contributed by atoms with van der Waals surface area (Å²) in [6.07, 6.45) is 1.27. The van der Waals surface area contributed by atoms with Gasteiger partial charge in [-0.25, -0.2) is 0 Å². The van der Waals surface area contributed by atoms with Crippen LogP contribution in [0.5, 0.6) is 0 Å². The normalized spacial score (nSPS) is 23.5. The lowest BCUT2D eigenvalue weighted by Gasteiger charge is -2.23. The van der Waals surface area contributed by atoms with Crippen LogP contribution < -0.4 is 0 Å². The van der Waals surface area contributed by atoms with Gasteiger partial charge in [-0.05, 0) is 24.8 Å². The molecular weight excluding hydrogens is 268 g/mol. The van der Waals surface area contributed by atoms with Crippen molar-refractivity contribution in [2.24, 2.45) is 5.92 Å². The molecule has 1 aromatic heterocycles. The van der Waals surface area contributed by atoms with E-state index in [0.29, 0.717) is 23.6 Å². The van der Waals surface area contributed by atoms with Gasteiger partial charge in [-0.3, -0.25) is 4.79 Å². The summed E-state index contributed by atoms with van der Waals surface area (Å²) in [6, 6.07) is 9.16. The van der Waals surface area contributed by atoms with Crippen molar-refractivity contribution < 1.29 is 14.4 Å². The number of benzene rings is 1. The van der Waals surface area contributed by atoms with Crippen molar-refractivity contribution in [2.45, 2.75) is 38.0 Å². The van der Waals surface area contributed by atoms with E-state index in [1.807, 2.05) is 30.3 Å². The number of hydrogen-bond donors (Lipinski definition) is 1. The number of carboxylic acids is 1. The summed E-state index contributed by atoms with van der Waals surface area (Å²) in [4.78, 5) is 16.1. The summed E-state index contributed by atoms with van der Waals surface area (Å²) in [7, 11) is 0. The van der Waals surface area contributed by atoms with E-state index >= 15 is 0 Å². The van der Waals surface area contributed by atoms with E-state index in [9.17, 15) is 9.90 Å². The predicted octanol–water partition coefficient (Wildman–Crippen LogP) is 2.78. The van der Waals surface area contributed by atoms with E-state index in [0.717, 1.165) is 12.0 Å². The Morgan fingerprint density at radius 3 is 2.67 bits per heavy atom. The average Bonchev–Trinajstić information content (AvgIpc) is 3.03. The SMILES string of the molecule is CC1CC1c1noc(CC(C)(C(=O)O)c2ccccc2)n1. The number of hydrogen-bond acceptors (Lipinski definition) is 4. The van der Waals surface area contributed by atoms with Crippen molar-refractivity contribution in [1.82, 2.24) is 10.1 Å². The van der Waals surface area contributed by atoms with Crippen LogP contribution in [0.4, 0.5) is 0 Å². The molecule has 0 radical (unpaired) electrons. The molecular formula is C16H18N2O3. The Labute approximate surface area is 123 Å². The number of aromatic nitrogens is 2. The fraction of sp³-hybridized carbons (Fsp3) is 0.438. The van der Waals surface area contributed by atoms with Crippen LogP contribution in [0.1, 0.15) is 43.5 Å². The van der Waals surface area contributed by atoms with Crippen LogP contribution in [0.15, 0.2) is 34.9 Å². The second-order valence-electron chi connectivity index (χ2n) is 6.05. The molecule has 1 saturated carbocycles. The van der Waals surface area contributed by atoms with Gasteiger partial charge in [-0.2, -0.15) is 4.98 Å². The maximum atomic E-state index is 11.7. The topological polar surface area (TPSA) is 76.2 Å². The van der Waals surface area contributed by atoms with E-state index in [4.69, 9.17) is 4.52 Å². The van der Waals surface area contributed by atoms with Gasteiger partial charge in [0.2, 0.25) is 5.89 Å². The van der Waals surface area contributed by atoms with Gasteiger partial charge in [0, 0.05) is 12.3 Å². The first-order valence-corrected chi connectivity index (χ1v) is 7.12. The maximum Gasteiger partial charge on any atom is 0.314 e. The van der Waals surface area contributed by atoms with Gasteiger partial charge in [-0.1, -0.05) is 42.4 Å². The summed E-state index contributed by atoms with van der Waals surface area (Å²) in [5, 5.41) is 13.6. The molecule has 110 valence electrons. The third-order valence-electron chi connectivity index (χ3n) is 4.31. The van der Waals surface area contributed by atoms with Crippen LogP contribution in [-0.4, -0.2) is 21.2 Å². The van der Waals surface area contributed by atoms with E-state index in [1.165, 1.54) is 0 Å². The van der Waals surface area contributed by atoms with Crippen molar-refractivity contribution in [2.75, 3.05) is 0 Å². The Balaban J connectivity index is 1.85. The van der Waals surface area contributed by atoms with Crippen molar-refractivity contribution >= 4 is 5.97 Å². The number of aliphatic carboxylic acids is 1. The molecule has 21 heavy (non-hydrogen) atoms. The molecule has 1 aliphatic carbocycles. The maximum absolute atomic E-state index is 11.7. The lowest BCUT2D eigenvalue weighted by Crippen LogP contribution is -2.34. The highest BCUT2D eigenvalue weighted by Gasteiger charge is 2.40. The van der Waals surface area contributed by atoms with E-state index in [2.05, 4.69) is 17.1 Å². The van der Waals surface area contributed by atoms with E-state index in [-0.39, 0.29) is 6.42 Å². The summed E-state index contributed by atoms with van der Waals surface area (Å²) < 4.78 is 5.26. The summed E-state index contributed by atoms with van der Waals surface area (Å²) in [5.41, 5.74) is -0.336. The first-order chi connectivity index (χ1) is 10.0. The molecule has 1 fully saturated rings. The Bertz CT molecular complexity index is 653. The smallest absolute Gasteiger partial charge is 0.314 e. The van der Waals surface area contributed by atoms with Crippen molar-refractivity contribution in [3.05, 3.63) is 47.6 Å². The van der Waals surface area contributed by atoms with Crippen LogP contribution in [0.3, 0.4) is 0 Å². The van der Waals surface area contributed by atoms with E-state index in [1.54, 1.807) is 6.92 Å². The second kappa shape index (κ2) is 4.98.